The third-order valence-corrected chi connectivity index (χ3v) is 4.38. The molecule has 2 aromatic rings. The van der Waals surface area contributed by atoms with Gasteiger partial charge in [0, 0.05) is 17.5 Å². The normalized spacial score (nSPS) is 10.4. The summed E-state index contributed by atoms with van der Waals surface area (Å²) < 4.78 is 25.9. The highest BCUT2D eigenvalue weighted by molar-refractivity contribution is 7.99. The number of carbonyl (C=O) groups is 2. The highest BCUT2D eigenvalue weighted by atomic mass is 32.2. The summed E-state index contributed by atoms with van der Waals surface area (Å²) >= 11 is 1.45. The molecular formula is C18H18F2N2O2S. The lowest BCUT2D eigenvalue weighted by atomic mass is 10.1. The average Bonchev–Trinajstić information content (AvgIpc) is 2.58. The van der Waals surface area contributed by atoms with Gasteiger partial charge in [0.15, 0.2) is 11.6 Å². The lowest BCUT2D eigenvalue weighted by Crippen LogP contribution is -2.33. The van der Waals surface area contributed by atoms with Crippen LogP contribution in [0.1, 0.15) is 11.1 Å². The minimum absolute atomic E-state index is 0.132. The lowest BCUT2D eigenvalue weighted by molar-refractivity contribution is -0.122. The maximum Gasteiger partial charge on any atom is 0.243 e. The van der Waals surface area contributed by atoms with Crippen LogP contribution in [-0.2, 0) is 15.3 Å². The first-order chi connectivity index (χ1) is 12.0. The maximum atomic E-state index is 13.1. The van der Waals surface area contributed by atoms with Crippen LogP contribution >= 0.6 is 11.8 Å². The molecule has 2 amide bonds. The van der Waals surface area contributed by atoms with Crippen molar-refractivity contribution in [1.82, 2.24) is 5.32 Å². The van der Waals surface area contributed by atoms with E-state index in [2.05, 4.69) is 10.6 Å². The zero-order chi connectivity index (χ0) is 18.2. The second kappa shape index (κ2) is 9.17. The summed E-state index contributed by atoms with van der Waals surface area (Å²) in [5.74, 6) is -1.87. The molecule has 132 valence electrons. The Morgan fingerprint density at radius 2 is 1.80 bits per heavy atom. The second-order valence-electron chi connectivity index (χ2n) is 5.37. The van der Waals surface area contributed by atoms with Crippen molar-refractivity contribution in [2.24, 2.45) is 0 Å². The maximum absolute atomic E-state index is 13.1. The largest absolute Gasteiger partial charge is 0.346 e. The summed E-state index contributed by atoms with van der Waals surface area (Å²) in [6, 6.07) is 11.0. The van der Waals surface area contributed by atoms with Gasteiger partial charge in [-0.05, 0) is 30.2 Å². The molecule has 0 bridgehead atoms. The van der Waals surface area contributed by atoms with Gasteiger partial charge in [0.05, 0.1) is 12.3 Å². The fraction of sp³-hybridized carbons (Fsp3) is 0.222. The molecule has 0 saturated carbocycles. The number of carbonyl (C=O) groups excluding carboxylic acids is 2. The summed E-state index contributed by atoms with van der Waals surface area (Å²) in [5.41, 5.74) is 2.46. The number of anilines is 1. The number of benzene rings is 2. The summed E-state index contributed by atoms with van der Waals surface area (Å²) in [7, 11) is 0. The molecular weight excluding hydrogens is 346 g/mol. The minimum Gasteiger partial charge on any atom is -0.346 e. The fourth-order valence-corrected chi connectivity index (χ4v) is 2.97. The Kier molecular flexibility index (Phi) is 6.94. The van der Waals surface area contributed by atoms with E-state index in [1.54, 1.807) is 0 Å². The van der Waals surface area contributed by atoms with E-state index >= 15 is 0 Å². The summed E-state index contributed by atoms with van der Waals surface area (Å²) in [5, 5.41) is 4.88. The average molecular weight is 364 g/mol. The first kappa shape index (κ1) is 18.9. The molecule has 0 aliphatic carbocycles. The second-order valence-corrected chi connectivity index (χ2v) is 6.36. The monoisotopic (exact) mass is 364 g/mol. The molecule has 0 aliphatic heterocycles. The number of rotatable bonds is 7. The van der Waals surface area contributed by atoms with Crippen LogP contribution in [-0.4, -0.2) is 24.1 Å². The predicted molar refractivity (Wildman–Crippen MR) is 95.3 cm³/mol. The van der Waals surface area contributed by atoms with Crippen molar-refractivity contribution in [2.75, 3.05) is 17.6 Å². The molecule has 25 heavy (non-hydrogen) atoms. The molecule has 2 aromatic carbocycles. The molecule has 2 rings (SSSR count). The molecule has 0 saturated heterocycles. The van der Waals surface area contributed by atoms with Crippen molar-refractivity contribution in [1.29, 1.82) is 0 Å². The van der Waals surface area contributed by atoms with Crippen LogP contribution < -0.4 is 10.6 Å². The van der Waals surface area contributed by atoms with Crippen LogP contribution in [0.5, 0.6) is 0 Å². The Hall–Kier alpha value is -2.41. The van der Waals surface area contributed by atoms with E-state index in [4.69, 9.17) is 0 Å². The number of hydrogen-bond donors (Lipinski definition) is 2. The summed E-state index contributed by atoms with van der Waals surface area (Å²) in [6.07, 6.45) is 0. The minimum atomic E-state index is -1.05. The molecule has 2 N–H and O–H groups in total. The Bertz CT molecular complexity index is 768. The van der Waals surface area contributed by atoms with Crippen molar-refractivity contribution in [3.8, 4) is 0 Å². The fourth-order valence-electron chi connectivity index (χ4n) is 2.03. The van der Waals surface area contributed by atoms with Crippen molar-refractivity contribution in [3.05, 3.63) is 65.2 Å². The van der Waals surface area contributed by atoms with E-state index in [0.717, 1.165) is 17.7 Å². The number of hydrogen-bond acceptors (Lipinski definition) is 3. The topological polar surface area (TPSA) is 58.2 Å². The summed E-state index contributed by atoms with van der Waals surface area (Å²) in [6.45, 7) is 1.78. The van der Waals surface area contributed by atoms with Crippen molar-refractivity contribution in [2.45, 2.75) is 12.7 Å². The van der Waals surface area contributed by atoms with Gasteiger partial charge >= 0.3 is 0 Å². The van der Waals surface area contributed by atoms with Crippen LogP contribution in [0.25, 0.3) is 0 Å². The molecule has 0 unspecified atom stereocenters. The van der Waals surface area contributed by atoms with Gasteiger partial charge in [0.2, 0.25) is 11.8 Å². The molecule has 0 atom stereocenters. The lowest BCUT2D eigenvalue weighted by Gasteiger charge is -2.08. The van der Waals surface area contributed by atoms with Gasteiger partial charge in [-0.25, -0.2) is 8.78 Å². The number of halogens is 2. The van der Waals surface area contributed by atoms with Gasteiger partial charge in [-0.3, -0.25) is 9.59 Å². The Morgan fingerprint density at radius 1 is 1.04 bits per heavy atom. The van der Waals surface area contributed by atoms with Crippen molar-refractivity contribution >= 4 is 29.3 Å². The molecule has 4 nitrogen and oxygen atoms in total. The van der Waals surface area contributed by atoms with Crippen LogP contribution in [0.15, 0.2) is 42.5 Å². The third kappa shape index (κ3) is 6.19. The third-order valence-electron chi connectivity index (χ3n) is 3.40. The van der Waals surface area contributed by atoms with E-state index in [1.165, 1.54) is 23.4 Å². The SMILES string of the molecule is Cc1ccccc1CSCC(=O)NCC(=O)Nc1ccc(F)c(F)c1. The summed E-state index contributed by atoms with van der Waals surface area (Å²) in [4.78, 5) is 23.5. The van der Waals surface area contributed by atoms with Gasteiger partial charge < -0.3 is 10.6 Å². The molecule has 0 spiro atoms. The first-order valence-electron chi connectivity index (χ1n) is 7.59. The van der Waals surface area contributed by atoms with E-state index in [9.17, 15) is 18.4 Å². The molecule has 0 heterocycles. The molecule has 7 heteroatoms. The standard InChI is InChI=1S/C18H18F2N2O2S/c1-12-4-2-3-5-13(12)10-25-11-18(24)21-9-17(23)22-14-6-7-15(19)16(20)8-14/h2-8H,9-11H2,1H3,(H,21,24)(H,22,23). The van der Waals surface area contributed by atoms with E-state index < -0.39 is 17.5 Å². The van der Waals surface area contributed by atoms with Gasteiger partial charge in [-0.15, -0.1) is 11.8 Å². The van der Waals surface area contributed by atoms with Gasteiger partial charge in [-0.1, -0.05) is 24.3 Å². The molecule has 0 fully saturated rings. The number of aryl methyl sites for hydroxylation is 1. The Labute approximate surface area is 149 Å². The zero-order valence-electron chi connectivity index (χ0n) is 13.6. The van der Waals surface area contributed by atoms with E-state index in [1.807, 2.05) is 31.2 Å². The predicted octanol–water partition coefficient (Wildman–Crippen LogP) is 3.26. The molecule has 0 aliphatic rings. The van der Waals surface area contributed by atoms with Crippen LogP contribution in [0.4, 0.5) is 14.5 Å². The number of amides is 2. The quantitative estimate of drug-likeness (QED) is 0.793. The number of thioether (sulfide) groups is 1. The molecule has 0 radical (unpaired) electrons. The van der Waals surface area contributed by atoms with E-state index in [0.29, 0.717) is 5.75 Å². The van der Waals surface area contributed by atoms with E-state index in [-0.39, 0.29) is 23.9 Å². The van der Waals surface area contributed by atoms with Gasteiger partial charge in [-0.2, -0.15) is 0 Å². The van der Waals surface area contributed by atoms with Crippen LogP contribution in [0.3, 0.4) is 0 Å². The van der Waals surface area contributed by atoms with Gasteiger partial charge in [0.1, 0.15) is 0 Å². The molecule has 0 aromatic heterocycles. The highest BCUT2D eigenvalue weighted by Crippen LogP contribution is 2.15. The highest BCUT2D eigenvalue weighted by Gasteiger charge is 2.08. The Balaban J connectivity index is 1.69. The number of nitrogens with one attached hydrogen (secondary N) is 2. The van der Waals surface area contributed by atoms with Crippen LogP contribution in [0, 0.1) is 18.6 Å². The van der Waals surface area contributed by atoms with Crippen molar-refractivity contribution < 1.29 is 18.4 Å². The van der Waals surface area contributed by atoms with Crippen molar-refractivity contribution in [3.63, 3.8) is 0 Å². The van der Waals surface area contributed by atoms with Gasteiger partial charge in [0.25, 0.3) is 0 Å². The first-order valence-corrected chi connectivity index (χ1v) is 8.75. The zero-order valence-corrected chi connectivity index (χ0v) is 14.5. The smallest absolute Gasteiger partial charge is 0.243 e. The van der Waals surface area contributed by atoms with Crippen LogP contribution in [0.2, 0.25) is 0 Å². The Morgan fingerprint density at radius 3 is 2.52 bits per heavy atom.